The Morgan fingerprint density at radius 2 is 1.95 bits per heavy atom. The zero-order valence-corrected chi connectivity index (χ0v) is 11.8. The lowest BCUT2D eigenvalue weighted by Gasteiger charge is -2.10. The van der Waals surface area contributed by atoms with Crippen molar-refractivity contribution in [2.45, 2.75) is 16.2 Å². The molecule has 0 saturated carbocycles. The van der Waals surface area contributed by atoms with Crippen molar-refractivity contribution in [1.82, 2.24) is 9.97 Å². The molecule has 0 bridgehead atoms. The van der Waals surface area contributed by atoms with Gasteiger partial charge in [-0.1, -0.05) is 11.6 Å². The lowest BCUT2D eigenvalue weighted by Crippen LogP contribution is -2.16. The number of nitrogens with zero attached hydrogens (tertiary/aromatic N) is 2. The van der Waals surface area contributed by atoms with Crippen LogP contribution >= 0.6 is 23.4 Å². The van der Waals surface area contributed by atoms with Crippen LogP contribution in [0.2, 0.25) is 5.02 Å². The Hall–Kier alpha value is -1.80. The van der Waals surface area contributed by atoms with Crippen LogP contribution in [0.5, 0.6) is 0 Å². The van der Waals surface area contributed by atoms with Gasteiger partial charge >= 0.3 is 6.18 Å². The maximum absolute atomic E-state index is 12.7. The van der Waals surface area contributed by atoms with E-state index in [4.69, 9.17) is 17.3 Å². The zero-order valence-electron chi connectivity index (χ0n) is 10.2. The van der Waals surface area contributed by atoms with Gasteiger partial charge in [0.05, 0.1) is 10.6 Å². The first kappa shape index (κ1) is 15.6. The second kappa shape index (κ2) is 5.90. The molecule has 2 aromatic rings. The number of hydrogen-bond donors (Lipinski definition) is 1. The molecule has 0 aromatic carbocycles. The number of rotatable bonds is 3. The Morgan fingerprint density at radius 1 is 1.24 bits per heavy atom. The number of alkyl halides is 3. The number of nitrogens with two attached hydrogens (primary N) is 1. The summed E-state index contributed by atoms with van der Waals surface area (Å²) >= 11 is 6.47. The number of amides is 1. The Kier molecular flexibility index (Phi) is 4.38. The van der Waals surface area contributed by atoms with Crippen molar-refractivity contribution >= 4 is 29.3 Å². The number of aromatic nitrogens is 2. The Balaban J connectivity index is 2.43. The molecule has 110 valence electrons. The number of pyridine rings is 2. The molecule has 0 atom stereocenters. The number of primary amides is 1. The minimum atomic E-state index is -4.61. The molecule has 0 saturated heterocycles. The van der Waals surface area contributed by atoms with E-state index in [1.807, 2.05) is 0 Å². The van der Waals surface area contributed by atoms with Crippen LogP contribution in [0, 0.1) is 0 Å². The van der Waals surface area contributed by atoms with Crippen molar-refractivity contribution in [1.29, 1.82) is 0 Å². The highest BCUT2D eigenvalue weighted by Crippen LogP contribution is 2.33. The average Bonchev–Trinajstić information content (AvgIpc) is 2.40. The van der Waals surface area contributed by atoms with E-state index in [-0.39, 0.29) is 10.6 Å². The van der Waals surface area contributed by atoms with E-state index in [1.165, 1.54) is 18.3 Å². The highest BCUT2D eigenvalue weighted by molar-refractivity contribution is 7.99. The Labute approximate surface area is 126 Å². The minimum Gasteiger partial charge on any atom is -0.366 e. The van der Waals surface area contributed by atoms with Crippen molar-refractivity contribution in [3.8, 4) is 0 Å². The predicted molar refractivity (Wildman–Crippen MR) is 71.1 cm³/mol. The first-order valence-corrected chi connectivity index (χ1v) is 6.64. The maximum Gasteiger partial charge on any atom is 0.433 e. The minimum absolute atomic E-state index is 0.107. The highest BCUT2D eigenvalue weighted by Gasteiger charge is 2.33. The van der Waals surface area contributed by atoms with Gasteiger partial charge in [-0.25, -0.2) is 9.97 Å². The summed E-state index contributed by atoms with van der Waals surface area (Å²) in [6, 6.07) is 4.73. The molecule has 0 fully saturated rings. The molecule has 0 radical (unpaired) electrons. The predicted octanol–water partition coefficient (Wildman–Crippen LogP) is 3.40. The van der Waals surface area contributed by atoms with Gasteiger partial charge in [-0.15, -0.1) is 0 Å². The molecule has 2 rings (SSSR count). The Bertz CT molecular complexity index is 676. The number of carbonyl (C=O) groups excluding carboxylic acids is 1. The third-order valence-electron chi connectivity index (χ3n) is 2.32. The number of carbonyl (C=O) groups is 1. The fourth-order valence-electron chi connectivity index (χ4n) is 1.39. The molecule has 2 N–H and O–H groups in total. The molecular formula is C12H7ClF3N3OS. The first-order valence-electron chi connectivity index (χ1n) is 5.45. The van der Waals surface area contributed by atoms with Crippen LogP contribution in [-0.2, 0) is 6.18 Å². The SMILES string of the molecule is NC(=O)c1ccc(C(F)(F)F)nc1Sc1ccc(Cl)cn1. The van der Waals surface area contributed by atoms with Crippen LogP contribution in [0.25, 0.3) is 0 Å². The molecule has 0 spiro atoms. The van der Waals surface area contributed by atoms with E-state index >= 15 is 0 Å². The largest absolute Gasteiger partial charge is 0.433 e. The van der Waals surface area contributed by atoms with Crippen LogP contribution in [0.3, 0.4) is 0 Å². The molecule has 9 heteroatoms. The standard InChI is InChI=1S/C12H7ClF3N3OS/c13-6-1-4-9(18-5-6)21-11-7(10(17)20)2-3-8(19-11)12(14,15)16/h1-5H,(H2,17,20). The molecule has 2 heterocycles. The van der Waals surface area contributed by atoms with Crippen LogP contribution in [-0.4, -0.2) is 15.9 Å². The van der Waals surface area contributed by atoms with Gasteiger partial charge in [-0.3, -0.25) is 4.79 Å². The summed E-state index contributed by atoms with van der Waals surface area (Å²) in [7, 11) is 0. The smallest absolute Gasteiger partial charge is 0.366 e. The van der Waals surface area contributed by atoms with E-state index in [0.717, 1.165) is 17.8 Å². The highest BCUT2D eigenvalue weighted by atomic mass is 35.5. The molecule has 0 aliphatic rings. The van der Waals surface area contributed by atoms with E-state index in [0.29, 0.717) is 16.1 Å². The van der Waals surface area contributed by atoms with Gasteiger partial charge in [-0.2, -0.15) is 13.2 Å². The van der Waals surface area contributed by atoms with Crippen molar-refractivity contribution in [3.05, 3.63) is 46.7 Å². The van der Waals surface area contributed by atoms with E-state index in [2.05, 4.69) is 9.97 Å². The quantitative estimate of drug-likeness (QED) is 0.934. The lowest BCUT2D eigenvalue weighted by atomic mass is 10.2. The summed E-state index contributed by atoms with van der Waals surface area (Å²) in [6.07, 6.45) is -3.28. The van der Waals surface area contributed by atoms with Crippen LogP contribution in [0.4, 0.5) is 13.2 Å². The van der Waals surface area contributed by atoms with Gasteiger partial charge in [0.25, 0.3) is 5.91 Å². The monoisotopic (exact) mass is 333 g/mol. The van der Waals surface area contributed by atoms with Gasteiger partial charge in [0.15, 0.2) is 0 Å². The molecule has 2 aromatic heterocycles. The molecule has 1 amide bonds. The van der Waals surface area contributed by atoms with E-state index in [9.17, 15) is 18.0 Å². The second-order valence-electron chi connectivity index (χ2n) is 3.83. The van der Waals surface area contributed by atoms with Crippen molar-refractivity contribution < 1.29 is 18.0 Å². The molecule has 0 unspecified atom stereocenters. The summed E-state index contributed by atoms with van der Waals surface area (Å²) < 4.78 is 38.0. The second-order valence-corrected chi connectivity index (χ2v) is 5.27. The van der Waals surface area contributed by atoms with Gasteiger partial charge in [0, 0.05) is 6.20 Å². The topological polar surface area (TPSA) is 68.9 Å². The third kappa shape index (κ3) is 3.85. The van der Waals surface area contributed by atoms with Crippen molar-refractivity contribution in [3.63, 3.8) is 0 Å². The number of hydrogen-bond acceptors (Lipinski definition) is 4. The van der Waals surface area contributed by atoms with Crippen LogP contribution in [0.1, 0.15) is 16.1 Å². The summed E-state index contributed by atoms with van der Waals surface area (Å²) in [5, 5.41) is 0.562. The lowest BCUT2D eigenvalue weighted by molar-refractivity contribution is -0.141. The third-order valence-corrected chi connectivity index (χ3v) is 3.50. The van der Waals surface area contributed by atoms with E-state index < -0.39 is 17.8 Å². The zero-order chi connectivity index (χ0) is 15.6. The summed E-state index contributed by atoms with van der Waals surface area (Å²) in [4.78, 5) is 18.6. The average molecular weight is 334 g/mol. The fourth-order valence-corrected chi connectivity index (χ4v) is 2.36. The molecule has 0 aliphatic heterocycles. The normalized spacial score (nSPS) is 11.4. The van der Waals surface area contributed by atoms with Crippen molar-refractivity contribution in [2.24, 2.45) is 5.73 Å². The summed E-state index contributed by atoms with van der Waals surface area (Å²) in [5.74, 6) is -0.868. The summed E-state index contributed by atoms with van der Waals surface area (Å²) in [5.41, 5.74) is 3.92. The van der Waals surface area contributed by atoms with Gasteiger partial charge < -0.3 is 5.73 Å². The van der Waals surface area contributed by atoms with Gasteiger partial charge in [-0.05, 0) is 36.0 Å². The Morgan fingerprint density at radius 3 is 2.48 bits per heavy atom. The number of halogens is 4. The molecule has 0 aliphatic carbocycles. The van der Waals surface area contributed by atoms with Crippen molar-refractivity contribution in [2.75, 3.05) is 0 Å². The van der Waals surface area contributed by atoms with Gasteiger partial charge in [0.2, 0.25) is 0 Å². The fraction of sp³-hybridized carbons (Fsp3) is 0.0833. The molecular weight excluding hydrogens is 327 g/mol. The maximum atomic E-state index is 12.7. The van der Waals surface area contributed by atoms with Crippen LogP contribution in [0.15, 0.2) is 40.5 Å². The van der Waals surface area contributed by atoms with E-state index in [1.54, 1.807) is 0 Å². The summed E-state index contributed by atoms with van der Waals surface area (Å²) in [6.45, 7) is 0. The van der Waals surface area contributed by atoms with Crippen LogP contribution < -0.4 is 5.73 Å². The first-order chi connectivity index (χ1) is 9.77. The molecule has 4 nitrogen and oxygen atoms in total. The van der Waals surface area contributed by atoms with Gasteiger partial charge in [0.1, 0.15) is 15.7 Å². The molecule has 21 heavy (non-hydrogen) atoms.